The van der Waals surface area contributed by atoms with Crippen LogP contribution >= 0.6 is 23.2 Å². The van der Waals surface area contributed by atoms with E-state index >= 15 is 0 Å². The molecule has 16 heavy (non-hydrogen) atoms. The Balaban J connectivity index is 2.78. The lowest BCUT2D eigenvalue weighted by molar-refractivity contribution is 0.298. The van der Waals surface area contributed by atoms with Gasteiger partial charge in [0.2, 0.25) is 5.88 Å². The van der Waals surface area contributed by atoms with Crippen molar-refractivity contribution in [3.63, 3.8) is 0 Å². The normalized spacial score (nSPS) is 10.2. The highest BCUT2D eigenvalue weighted by atomic mass is 35.5. The second-order valence-corrected chi connectivity index (χ2v) is 4.15. The minimum Gasteiger partial charge on any atom is -0.477 e. The van der Waals surface area contributed by atoms with Gasteiger partial charge in [0.1, 0.15) is 10.8 Å². The van der Waals surface area contributed by atoms with E-state index in [0.717, 1.165) is 19.4 Å². The standard InChI is InChI=1S/C11H16Cl2N2O/c1-3-5-6-16-11-9(13)7-8(12)10(15-11)14-4-2/h7H,3-6H2,1-2H3,(H,14,15). The largest absolute Gasteiger partial charge is 0.477 e. The topological polar surface area (TPSA) is 34.1 Å². The lowest BCUT2D eigenvalue weighted by atomic mass is 10.4. The molecule has 0 aliphatic carbocycles. The van der Waals surface area contributed by atoms with E-state index in [0.29, 0.717) is 28.3 Å². The van der Waals surface area contributed by atoms with E-state index < -0.39 is 0 Å². The van der Waals surface area contributed by atoms with E-state index in [9.17, 15) is 0 Å². The highest BCUT2D eigenvalue weighted by Crippen LogP contribution is 2.30. The molecule has 0 radical (unpaired) electrons. The number of nitrogens with zero attached hydrogens (tertiary/aromatic N) is 1. The summed E-state index contributed by atoms with van der Waals surface area (Å²) < 4.78 is 5.48. The van der Waals surface area contributed by atoms with Crippen molar-refractivity contribution in [2.24, 2.45) is 0 Å². The van der Waals surface area contributed by atoms with Gasteiger partial charge in [0.15, 0.2) is 0 Å². The van der Waals surface area contributed by atoms with Gasteiger partial charge in [-0.3, -0.25) is 0 Å². The molecule has 0 unspecified atom stereocenters. The van der Waals surface area contributed by atoms with Gasteiger partial charge in [0.05, 0.1) is 11.6 Å². The molecule has 0 amide bonds. The molecule has 1 aromatic rings. The van der Waals surface area contributed by atoms with Crippen LogP contribution in [0.15, 0.2) is 6.07 Å². The van der Waals surface area contributed by atoms with Crippen molar-refractivity contribution >= 4 is 29.0 Å². The Bertz CT molecular complexity index is 345. The van der Waals surface area contributed by atoms with Crippen molar-refractivity contribution in [2.75, 3.05) is 18.5 Å². The van der Waals surface area contributed by atoms with Crippen LogP contribution in [0, 0.1) is 0 Å². The third-order valence-corrected chi connectivity index (χ3v) is 2.54. The molecule has 1 aromatic heterocycles. The first-order valence-corrected chi connectivity index (χ1v) is 6.17. The molecule has 1 heterocycles. The number of aromatic nitrogens is 1. The zero-order valence-electron chi connectivity index (χ0n) is 9.52. The molecule has 0 fully saturated rings. The Hall–Kier alpha value is -0.670. The number of anilines is 1. The molecule has 0 saturated carbocycles. The van der Waals surface area contributed by atoms with Crippen LogP contribution in [0.25, 0.3) is 0 Å². The van der Waals surface area contributed by atoms with Crippen LogP contribution in [0.4, 0.5) is 5.82 Å². The fourth-order valence-corrected chi connectivity index (χ4v) is 1.64. The number of unbranched alkanes of at least 4 members (excludes halogenated alkanes) is 1. The first kappa shape index (κ1) is 13.4. The van der Waals surface area contributed by atoms with Crippen LogP contribution in [-0.4, -0.2) is 18.1 Å². The summed E-state index contributed by atoms with van der Waals surface area (Å²) in [5, 5.41) is 4.01. The van der Waals surface area contributed by atoms with Crippen LogP contribution in [0.1, 0.15) is 26.7 Å². The van der Waals surface area contributed by atoms with Crippen molar-refractivity contribution < 1.29 is 4.74 Å². The van der Waals surface area contributed by atoms with Crippen molar-refractivity contribution in [2.45, 2.75) is 26.7 Å². The van der Waals surface area contributed by atoms with Gasteiger partial charge in [0, 0.05) is 6.54 Å². The summed E-state index contributed by atoms with van der Waals surface area (Å²) in [6.45, 7) is 5.45. The average molecular weight is 263 g/mol. The van der Waals surface area contributed by atoms with Crippen LogP contribution < -0.4 is 10.1 Å². The lowest BCUT2D eigenvalue weighted by Gasteiger charge is -2.10. The number of halogens is 2. The SMILES string of the molecule is CCCCOc1nc(NCC)c(Cl)cc1Cl. The molecule has 0 aliphatic heterocycles. The second-order valence-electron chi connectivity index (χ2n) is 3.34. The van der Waals surface area contributed by atoms with E-state index in [-0.39, 0.29) is 0 Å². The Kier molecular flexibility index (Phi) is 5.71. The number of nitrogens with one attached hydrogen (secondary N) is 1. The van der Waals surface area contributed by atoms with Gasteiger partial charge in [-0.15, -0.1) is 0 Å². The summed E-state index contributed by atoms with van der Waals surface area (Å²) in [6.07, 6.45) is 2.06. The molecular weight excluding hydrogens is 247 g/mol. The Morgan fingerprint density at radius 1 is 1.31 bits per heavy atom. The summed E-state index contributed by atoms with van der Waals surface area (Å²) >= 11 is 12.0. The average Bonchev–Trinajstić information content (AvgIpc) is 2.25. The molecule has 1 rings (SSSR count). The van der Waals surface area contributed by atoms with Crippen LogP contribution in [0.2, 0.25) is 10.0 Å². The Labute approximate surface area is 106 Å². The van der Waals surface area contributed by atoms with Crippen LogP contribution in [0.5, 0.6) is 5.88 Å². The van der Waals surface area contributed by atoms with Gasteiger partial charge in [0.25, 0.3) is 0 Å². The number of hydrogen-bond donors (Lipinski definition) is 1. The van der Waals surface area contributed by atoms with Crippen LogP contribution in [-0.2, 0) is 0 Å². The molecule has 5 heteroatoms. The van der Waals surface area contributed by atoms with Crippen LogP contribution in [0.3, 0.4) is 0 Å². The van der Waals surface area contributed by atoms with E-state index in [1.165, 1.54) is 0 Å². The molecule has 0 bridgehead atoms. The lowest BCUT2D eigenvalue weighted by Crippen LogP contribution is -2.04. The van der Waals surface area contributed by atoms with Gasteiger partial charge in [-0.25, -0.2) is 0 Å². The maximum Gasteiger partial charge on any atom is 0.234 e. The maximum absolute atomic E-state index is 5.98. The van der Waals surface area contributed by atoms with Gasteiger partial charge in [-0.2, -0.15) is 4.98 Å². The zero-order chi connectivity index (χ0) is 12.0. The summed E-state index contributed by atoms with van der Waals surface area (Å²) in [4.78, 5) is 4.24. The first-order valence-electron chi connectivity index (χ1n) is 5.41. The van der Waals surface area contributed by atoms with E-state index in [4.69, 9.17) is 27.9 Å². The van der Waals surface area contributed by atoms with E-state index in [1.807, 2.05) is 6.92 Å². The highest BCUT2D eigenvalue weighted by Gasteiger charge is 2.09. The number of rotatable bonds is 6. The van der Waals surface area contributed by atoms with Gasteiger partial charge < -0.3 is 10.1 Å². The van der Waals surface area contributed by atoms with E-state index in [2.05, 4.69) is 17.2 Å². The minimum absolute atomic E-state index is 0.440. The smallest absolute Gasteiger partial charge is 0.234 e. The zero-order valence-corrected chi connectivity index (χ0v) is 11.0. The fraction of sp³-hybridized carbons (Fsp3) is 0.545. The highest BCUT2D eigenvalue weighted by molar-refractivity contribution is 6.36. The van der Waals surface area contributed by atoms with Gasteiger partial charge >= 0.3 is 0 Å². The molecular formula is C11H16Cl2N2O. The molecule has 1 N–H and O–H groups in total. The number of pyridine rings is 1. The molecule has 0 spiro atoms. The Morgan fingerprint density at radius 2 is 2.06 bits per heavy atom. The second kappa shape index (κ2) is 6.81. The van der Waals surface area contributed by atoms with E-state index in [1.54, 1.807) is 6.07 Å². The monoisotopic (exact) mass is 262 g/mol. The minimum atomic E-state index is 0.440. The molecule has 90 valence electrons. The Morgan fingerprint density at radius 3 is 2.69 bits per heavy atom. The first-order chi connectivity index (χ1) is 7.69. The summed E-state index contributed by atoms with van der Waals surface area (Å²) in [5.74, 6) is 1.05. The summed E-state index contributed by atoms with van der Waals surface area (Å²) in [6, 6.07) is 1.65. The summed E-state index contributed by atoms with van der Waals surface area (Å²) in [5.41, 5.74) is 0. The maximum atomic E-state index is 5.98. The summed E-state index contributed by atoms with van der Waals surface area (Å²) in [7, 11) is 0. The molecule has 3 nitrogen and oxygen atoms in total. The van der Waals surface area contributed by atoms with Gasteiger partial charge in [-0.05, 0) is 19.4 Å². The predicted molar refractivity (Wildman–Crippen MR) is 68.8 cm³/mol. The quantitative estimate of drug-likeness (QED) is 0.787. The van der Waals surface area contributed by atoms with Crippen molar-refractivity contribution in [3.8, 4) is 5.88 Å². The predicted octanol–water partition coefficient (Wildman–Crippen LogP) is 4.00. The third kappa shape index (κ3) is 3.72. The molecule has 0 atom stereocenters. The molecule has 0 saturated heterocycles. The molecule has 0 aromatic carbocycles. The van der Waals surface area contributed by atoms with Crippen molar-refractivity contribution in [1.29, 1.82) is 0 Å². The van der Waals surface area contributed by atoms with Crippen molar-refractivity contribution in [3.05, 3.63) is 16.1 Å². The fourth-order valence-electron chi connectivity index (χ4n) is 1.16. The number of ether oxygens (including phenoxy) is 1. The molecule has 0 aliphatic rings. The van der Waals surface area contributed by atoms with Crippen molar-refractivity contribution in [1.82, 2.24) is 4.98 Å². The number of hydrogen-bond acceptors (Lipinski definition) is 3. The third-order valence-electron chi connectivity index (χ3n) is 1.98. The van der Waals surface area contributed by atoms with Gasteiger partial charge in [-0.1, -0.05) is 36.5 Å².